The molecule has 4 aromatic rings. The van der Waals surface area contributed by atoms with E-state index in [4.69, 9.17) is 4.74 Å². The fourth-order valence-electron chi connectivity index (χ4n) is 4.68. The molecule has 0 spiro atoms. The number of benzene rings is 3. The van der Waals surface area contributed by atoms with Gasteiger partial charge in [0, 0.05) is 46.7 Å². The number of hydrogen-bond donors (Lipinski definition) is 2. The number of thioether (sulfide) groups is 1. The van der Waals surface area contributed by atoms with Crippen molar-refractivity contribution < 1.29 is 17.9 Å². The summed E-state index contributed by atoms with van der Waals surface area (Å²) in [7, 11) is -1.86. The van der Waals surface area contributed by atoms with Crippen molar-refractivity contribution in [3.63, 3.8) is 0 Å². The van der Waals surface area contributed by atoms with E-state index in [1.54, 1.807) is 31.0 Å². The highest BCUT2D eigenvalue weighted by atomic mass is 32.2. The van der Waals surface area contributed by atoms with Crippen molar-refractivity contribution >= 4 is 38.6 Å². The van der Waals surface area contributed by atoms with Crippen molar-refractivity contribution in [3.8, 4) is 17.0 Å². The molecule has 198 valence electrons. The number of ether oxygens (including phenoxy) is 1. The van der Waals surface area contributed by atoms with Gasteiger partial charge in [0.1, 0.15) is 5.75 Å². The molecular formula is C29H31N3O4S2. The number of fused-ring (bicyclic) bond motifs is 1. The molecule has 7 nitrogen and oxygen atoms in total. The number of amides is 1. The van der Waals surface area contributed by atoms with Gasteiger partial charge < -0.3 is 15.0 Å². The first-order chi connectivity index (χ1) is 18.5. The summed E-state index contributed by atoms with van der Waals surface area (Å²) < 4.78 is 32.6. The Kier molecular flexibility index (Phi) is 8.06. The molecule has 1 aromatic heterocycles. The zero-order valence-electron chi connectivity index (χ0n) is 21.3. The highest BCUT2D eigenvalue weighted by molar-refractivity contribution is 7.99. The van der Waals surface area contributed by atoms with E-state index in [0.29, 0.717) is 31.0 Å². The second-order valence-electron chi connectivity index (χ2n) is 9.20. The molecule has 0 aliphatic carbocycles. The fourth-order valence-corrected chi connectivity index (χ4v) is 7.25. The molecule has 0 atom stereocenters. The summed E-state index contributed by atoms with van der Waals surface area (Å²) in [4.78, 5) is 17.6. The largest absolute Gasteiger partial charge is 0.497 e. The summed E-state index contributed by atoms with van der Waals surface area (Å²) >= 11 is 1.68. The van der Waals surface area contributed by atoms with Crippen molar-refractivity contribution in [1.82, 2.24) is 14.6 Å². The molecule has 0 unspecified atom stereocenters. The fraction of sp³-hybridized carbons (Fsp3) is 0.276. The Morgan fingerprint density at radius 3 is 2.39 bits per heavy atom. The van der Waals surface area contributed by atoms with Gasteiger partial charge in [0.15, 0.2) is 0 Å². The minimum absolute atomic E-state index is 0.221. The topological polar surface area (TPSA) is 91.5 Å². The van der Waals surface area contributed by atoms with Gasteiger partial charge in [-0.05, 0) is 73.0 Å². The minimum atomic E-state index is -3.51. The van der Waals surface area contributed by atoms with E-state index in [0.717, 1.165) is 52.1 Å². The number of nitrogens with one attached hydrogen (secondary N) is 2. The Balaban J connectivity index is 1.22. The Morgan fingerprint density at radius 2 is 1.68 bits per heavy atom. The van der Waals surface area contributed by atoms with Crippen LogP contribution in [0.3, 0.4) is 0 Å². The van der Waals surface area contributed by atoms with Gasteiger partial charge in [-0.25, -0.2) is 8.42 Å². The normalized spacial score (nSPS) is 14.4. The predicted octanol–water partition coefficient (Wildman–Crippen LogP) is 5.54. The van der Waals surface area contributed by atoms with Crippen molar-refractivity contribution in [3.05, 3.63) is 78.4 Å². The number of carbonyl (C=O) groups excluding carboxylic acids is 1. The molecule has 9 heteroatoms. The average Bonchev–Trinajstić information content (AvgIpc) is 3.34. The van der Waals surface area contributed by atoms with Crippen LogP contribution in [0.2, 0.25) is 0 Å². The Hall–Kier alpha value is -3.27. The molecule has 0 radical (unpaired) electrons. The standard InChI is InChI=1S/C29H31N3O4S2/c1-36-23-13-9-21(10-14-23)27-28(25-7-3-4-8-26(25)31-27)37-20-17-30-29(33)22-11-15-24(16-12-22)38(34,35)32-18-5-2-6-19-32/h3-4,7-16,31H,2,5-6,17-20H2,1H3,(H,30,33). The maximum absolute atomic E-state index is 12.9. The maximum Gasteiger partial charge on any atom is 0.251 e. The number of rotatable bonds is 9. The van der Waals surface area contributed by atoms with Crippen molar-refractivity contribution in [2.75, 3.05) is 32.5 Å². The number of piperidine rings is 1. The summed E-state index contributed by atoms with van der Waals surface area (Å²) in [5.41, 5.74) is 3.60. The van der Waals surface area contributed by atoms with E-state index in [1.807, 2.05) is 36.4 Å². The first-order valence-electron chi connectivity index (χ1n) is 12.7. The van der Waals surface area contributed by atoms with E-state index >= 15 is 0 Å². The lowest BCUT2D eigenvalue weighted by Crippen LogP contribution is -2.35. The number of H-pyrrole nitrogens is 1. The number of sulfonamides is 1. The number of nitrogens with zero attached hydrogens (tertiary/aromatic N) is 1. The summed E-state index contributed by atoms with van der Waals surface area (Å²) in [6, 6.07) is 22.4. The molecule has 5 rings (SSSR count). The molecular weight excluding hydrogens is 518 g/mol. The minimum Gasteiger partial charge on any atom is -0.497 e. The van der Waals surface area contributed by atoms with E-state index in [-0.39, 0.29) is 10.8 Å². The number of carbonyl (C=O) groups is 1. The van der Waals surface area contributed by atoms with Gasteiger partial charge >= 0.3 is 0 Å². The van der Waals surface area contributed by atoms with Crippen molar-refractivity contribution in [2.45, 2.75) is 29.1 Å². The third kappa shape index (κ3) is 5.60. The van der Waals surface area contributed by atoms with E-state index in [9.17, 15) is 13.2 Å². The van der Waals surface area contributed by atoms with Gasteiger partial charge in [-0.15, -0.1) is 11.8 Å². The van der Waals surface area contributed by atoms with Crippen LogP contribution in [0.15, 0.2) is 82.6 Å². The van der Waals surface area contributed by atoms with E-state index in [2.05, 4.69) is 22.4 Å². The van der Waals surface area contributed by atoms with Gasteiger partial charge in [0.05, 0.1) is 17.7 Å². The quantitative estimate of drug-likeness (QED) is 0.211. The zero-order valence-corrected chi connectivity index (χ0v) is 22.9. The lowest BCUT2D eigenvalue weighted by atomic mass is 10.1. The molecule has 2 N–H and O–H groups in total. The molecule has 2 heterocycles. The third-order valence-electron chi connectivity index (χ3n) is 6.74. The highest BCUT2D eigenvalue weighted by Gasteiger charge is 2.26. The van der Waals surface area contributed by atoms with Crippen LogP contribution in [0, 0.1) is 0 Å². The van der Waals surface area contributed by atoms with Crippen LogP contribution in [0.25, 0.3) is 22.2 Å². The molecule has 38 heavy (non-hydrogen) atoms. The summed E-state index contributed by atoms with van der Waals surface area (Å²) in [6.07, 6.45) is 2.84. The van der Waals surface area contributed by atoms with Crippen LogP contribution in [-0.4, -0.2) is 56.1 Å². The number of aromatic amines is 1. The van der Waals surface area contributed by atoms with Crippen LogP contribution in [0.1, 0.15) is 29.6 Å². The lowest BCUT2D eigenvalue weighted by molar-refractivity contribution is 0.0956. The molecule has 0 saturated carbocycles. The Labute approximate surface area is 227 Å². The third-order valence-corrected chi connectivity index (χ3v) is 9.77. The molecule has 1 fully saturated rings. The SMILES string of the molecule is COc1ccc(-c2[nH]c3ccccc3c2SCCNC(=O)c2ccc(S(=O)(=O)N3CCCCC3)cc2)cc1. The smallest absolute Gasteiger partial charge is 0.251 e. The van der Waals surface area contributed by atoms with Crippen LogP contribution in [-0.2, 0) is 10.0 Å². The Bertz CT molecular complexity index is 1510. The number of aromatic nitrogens is 1. The average molecular weight is 550 g/mol. The highest BCUT2D eigenvalue weighted by Crippen LogP contribution is 2.38. The first-order valence-corrected chi connectivity index (χ1v) is 15.2. The number of hydrogen-bond acceptors (Lipinski definition) is 5. The van der Waals surface area contributed by atoms with Crippen LogP contribution in [0.4, 0.5) is 0 Å². The second kappa shape index (κ2) is 11.6. The molecule has 1 aliphatic heterocycles. The Morgan fingerprint density at radius 1 is 0.974 bits per heavy atom. The van der Waals surface area contributed by atoms with Gasteiger partial charge in [0.25, 0.3) is 5.91 Å². The van der Waals surface area contributed by atoms with Crippen molar-refractivity contribution in [1.29, 1.82) is 0 Å². The second-order valence-corrected chi connectivity index (χ2v) is 12.2. The lowest BCUT2D eigenvalue weighted by Gasteiger charge is -2.25. The molecule has 1 aliphatic rings. The van der Waals surface area contributed by atoms with Gasteiger partial charge in [-0.2, -0.15) is 4.31 Å². The molecule has 1 amide bonds. The number of para-hydroxylation sites is 1. The van der Waals surface area contributed by atoms with Gasteiger partial charge in [-0.3, -0.25) is 4.79 Å². The van der Waals surface area contributed by atoms with Crippen molar-refractivity contribution in [2.24, 2.45) is 0 Å². The van der Waals surface area contributed by atoms with Crippen LogP contribution in [0.5, 0.6) is 5.75 Å². The predicted molar refractivity (Wildman–Crippen MR) is 152 cm³/mol. The number of methoxy groups -OCH3 is 1. The molecule has 0 bridgehead atoms. The van der Waals surface area contributed by atoms with Gasteiger partial charge in [-0.1, -0.05) is 24.6 Å². The van der Waals surface area contributed by atoms with Crippen LogP contribution < -0.4 is 10.1 Å². The van der Waals surface area contributed by atoms with E-state index in [1.165, 1.54) is 16.4 Å². The van der Waals surface area contributed by atoms with Gasteiger partial charge in [0.2, 0.25) is 10.0 Å². The van der Waals surface area contributed by atoms with Crippen LogP contribution >= 0.6 is 11.8 Å². The molecule has 3 aromatic carbocycles. The summed E-state index contributed by atoms with van der Waals surface area (Å²) in [6.45, 7) is 1.58. The van der Waals surface area contributed by atoms with E-state index < -0.39 is 10.0 Å². The monoisotopic (exact) mass is 549 g/mol. The first kappa shape index (κ1) is 26.3. The zero-order chi connectivity index (χ0) is 26.5. The molecule has 1 saturated heterocycles. The summed E-state index contributed by atoms with van der Waals surface area (Å²) in [5, 5.41) is 4.10. The summed E-state index contributed by atoms with van der Waals surface area (Å²) in [5.74, 6) is 1.26. The maximum atomic E-state index is 12.9.